The van der Waals surface area contributed by atoms with Gasteiger partial charge >= 0.3 is 6.18 Å². The Balaban J connectivity index is 1.89. The van der Waals surface area contributed by atoms with Gasteiger partial charge in [-0.2, -0.15) is 13.2 Å². The molecule has 24 heavy (non-hydrogen) atoms. The lowest BCUT2D eigenvalue weighted by Gasteiger charge is -2.13. The first-order valence-corrected chi connectivity index (χ1v) is 7.53. The van der Waals surface area contributed by atoms with Crippen molar-refractivity contribution in [3.8, 4) is 0 Å². The molecular weight excluding hydrogens is 321 g/mol. The first-order chi connectivity index (χ1) is 11.2. The Morgan fingerprint density at radius 1 is 1.25 bits per heavy atom. The molecule has 0 spiro atoms. The van der Waals surface area contributed by atoms with Crippen molar-refractivity contribution >= 4 is 5.91 Å². The van der Waals surface area contributed by atoms with Gasteiger partial charge in [0.25, 0.3) is 0 Å². The summed E-state index contributed by atoms with van der Waals surface area (Å²) >= 11 is 0. The summed E-state index contributed by atoms with van der Waals surface area (Å²) in [5.74, 6) is 0.731. The summed E-state index contributed by atoms with van der Waals surface area (Å²) in [5, 5.41) is 2.70. The van der Waals surface area contributed by atoms with E-state index < -0.39 is 11.7 Å². The van der Waals surface area contributed by atoms with Crippen LogP contribution in [-0.2, 0) is 17.5 Å². The molecule has 130 valence electrons. The normalized spacial score (nSPS) is 12.9. The SMILES string of the molecule is Cc1nc(CNC(=O)CC(C)c2ccc(C(F)(F)F)cc2)oc1C. The molecule has 2 rings (SSSR count). The van der Waals surface area contributed by atoms with Gasteiger partial charge in [0.05, 0.1) is 17.8 Å². The van der Waals surface area contributed by atoms with Crippen molar-refractivity contribution in [2.75, 3.05) is 0 Å². The number of halogens is 3. The molecule has 0 aliphatic rings. The second-order valence-corrected chi connectivity index (χ2v) is 5.75. The number of nitrogens with zero attached hydrogens (tertiary/aromatic N) is 1. The first kappa shape index (κ1) is 18.0. The highest BCUT2D eigenvalue weighted by Gasteiger charge is 2.30. The smallest absolute Gasteiger partial charge is 0.416 e. The minimum atomic E-state index is -4.36. The molecule has 1 amide bonds. The van der Waals surface area contributed by atoms with Crippen molar-refractivity contribution in [2.45, 2.75) is 45.8 Å². The van der Waals surface area contributed by atoms with Crippen molar-refractivity contribution in [3.05, 3.63) is 52.7 Å². The topological polar surface area (TPSA) is 55.1 Å². The van der Waals surface area contributed by atoms with Crippen LogP contribution < -0.4 is 5.32 Å². The average Bonchev–Trinajstić information content (AvgIpc) is 2.83. The monoisotopic (exact) mass is 340 g/mol. The van der Waals surface area contributed by atoms with Crippen LogP contribution in [0.2, 0.25) is 0 Å². The van der Waals surface area contributed by atoms with E-state index in [0.717, 1.165) is 17.8 Å². The predicted octanol–water partition coefficient (Wildman–Crippen LogP) is 4.12. The number of oxazole rings is 1. The van der Waals surface area contributed by atoms with Gasteiger partial charge in [-0.3, -0.25) is 4.79 Å². The number of benzene rings is 1. The Morgan fingerprint density at radius 2 is 1.88 bits per heavy atom. The van der Waals surface area contributed by atoms with Crippen LogP contribution >= 0.6 is 0 Å². The van der Waals surface area contributed by atoms with Crippen LogP contribution in [-0.4, -0.2) is 10.9 Å². The van der Waals surface area contributed by atoms with Gasteiger partial charge in [0.1, 0.15) is 5.76 Å². The molecule has 0 saturated carbocycles. The molecule has 1 unspecified atom stereocenters. The fraction of sp³-hybridized carbons (Fsp3) is 0.412. The number of rotatable bonds is 5. The molecule has 7 heteroatoms. The van der Waals surface area contributed by atoms with Gasteiger partial charge in [-0.25, -0.2) is 4.98 Å². The molecule has 1 aromatic carbocycles. The Bertz CT molecular complexity index is 686. The zero-order valence-corrected chi connectivity index (χ0v) is 13.7. The lowest BCUT2D eigenvalue weighted by molar-refractivity contribution is -0.137. The maximum absolute atomic E-state index is 12.5. The summed E-state index contributed by atoms with van der Waals surface area (Å²) in [6.45, 7) is 5.59. The van der Waals surface area contributed by atoms with E-state index in [1.807, 2.05) is 6.92 Å². The number of carbonyl (C=O) groups excluding carboxylic acids is 1. The summed E-state index contributed by atoms with van der Waals surface area (Å²) in [4.78, 5) is 16.1. The van der Waals surface area contributed by atoms with Crippen molar-refractivity contribution in [3.63, 3.8) is 0 Å². The second-order valence-electron chi connectivity index (χ2n) is 5.75. The number of carbonyl (C=O) groups is 1. The number of alkyl halides is 3. The van der Waals surface area contributed by atoms with Crippen LogP contribution in [0.3, 0.4) is 0 Å². The summed E-state index contributed by atoms with van der Waals surface area (Å²) in [6, 6.07) is 4.87. The molecule has 0 saturated heterocycles. The highest BCUT2D eigenvalue weighted by molar-refractivity contribution is 5.76. The van der Waals surface area contributed by atoms with Crippen molar-refractivity contribution in [1.82, 2.24) is 10.3 Å². The molecule has 0 aliphatic carbocycles. The Morgan fingerprint density at radius 3 is 2.38 bits per heavy atom. The molecule has 0 fully saturated rings. The highest BCUT2D eigenvalue weighted by atomic mass is 19.4. The third kappa shape index (κ3) is 4.59. The highest BCUT2D eigenvalue weighted by Crippen LogP contribution is 2.30. The molecule has 1 heterocycles. The number of aryl methyl sites for hydroxylation is 2. The Kier molecular flexibility index (Phi) is 5.31. The van der Waals surface area contributed by atoms with E-state index >= 15 is 0 Å². The van der Waals surface area contributed by atoms with Crippen molar-refractivity contribution in [1.29, 1.82) is 0 Å². The van der Waals surface area contributed by atoms with Gasteiger partial charge in [0, 0.05) is 6.42 Å². The van der Waals surface area contributed by atoms with E-state index in [4.69, 9.17) is 4.42 Å². The summed E-state index contributed by atoms with van der Waals surface area (Å²) in [5.41, 5.74) is 0.760. The number of aromatic nitrogens is 1. The number of hydrogen-bond acceptors (Lipinski definition) is 3. The number of nitrogens with one attached hydrogen (secondary N) is 1. The van der Waals surface area contributed by atoms with E-state index in [1.54, 1.807) is 13.8 Å². The fourth-order valence-corrected chi connectivity index (χ4v) is 2.26. The van der Waals surface area contributed by atoms with Gasteiger partial charge < -0.3 is 9.73 Å². The molecule has 0 bridgehead atoms. The minimum absolute atomic E-state index is 0.171. The molecule has 1 aromatic heterocycles. The largest absolute Gasteiger partial charge is 0.444 e. The van der Waals surface area contributed by atoms with Gasteiger partial charge in [-0.05, 0) is 37.5 Å². The van der Waals surface area contributed by atoms with E-state index in [-0.39, 0.29) is 24.8 Å². The maximum atomic E-state index is 12.5. The van der Waals surface area contributed by atoms with E-state index in [2.05, 4.69) is 10.3 Å². The average molecular weight is 340 g/mol. The van der Waals surface area contributed by atoms with Crippen molar-refractivity contribution < 1.29 is 22.4 Å². The summed E-state index contributed by atoms with van der Waals surface area (Å²) in [6.07, 6.45) is -4.19. The molecule has 4 nitrogen and oxygen atoms in total. The Hall–Kier alpha value is -2.31. The van der Waals surface area contributed by atoms with Crippen LogP contribution in [0, 0.1) is 13.8 Å². The lowest BCUT2D eigenvalue weighted by Crippen LogP contribution is -2.24. The molecule has 0 radical (unpaired) electrons. The molecular formula is C17H19F3N2O2. The third-order valence-corrected chi connectivity index (χ3v) is 3.81. The Labute approximate surface area is 138 Å². The fourth-order valence-electron chi connectivity index (χ4n) is 2.26. The zero-order valence-electron chi connectivity index (χ0n) is 13.7. The molecule has 0 aliphatic heterocycles. The van der Waals surface area contributed by atoms with E-state index in [9.17, 15) is 18.0 Å². The van der Waals surface area contributed by atoms with Crippen molar-refractivity contribution in [2.24, 2.45) is 0 Å². The zero-order chi connectivity index (χ0) is 17.9. The summed E-state index contributed by atoms with van der Waals surface area (Å²) in [7, 11) is 0. The van der Waals surface area contributed by atoms with E-state index in [0.29, 0.717) is 17.2 Å². The summed E-state index contributed by atoms with van der Waals surface area (Å²) < 4.78 is 43.0. The third-order valence-electron chi connectivity index (χ3n) is 3.81. The quantitative estimate of drug-likeness (QED) is 0.891. The van der Waals surface area contributed by atoms with Crippen LogP contribution in [0.4, 0.5) is 13.2 Å². The molecule has 2 aromatic rings. The van der Waals surface area contributed by atoms with Gasteiger partial charge in [-0.1, -0.05) is 19.1 Å². The van der Waals surface area contributed by atoms with Crippen LogP contribution in [0.5, 0.6) is 0 Å². The second kappa shape index (κ2) is 7.07. The van der Waals surface area contributed by atoms with Gasteiger partial charge in [0.15, 0.2) is 0 Å². The molecule has 1 atom stereocenters. The van der Waals surface area contributed by atoms with Crippen LogP contribution in [0.1, 0.15) is 47.7 Å². The number of amides is 1. The van der Waals surface area contributed by atoms with Crippen LogP contribution in [0.15, 0.2) is 28.7 Å². The van der Waals surface area contributed by atoms with Gasteiger partial charge in [-0.15, -0.1) is 0 Å². The maximum Gasteiger partial charge on any atom is 0.416 e. The van der Waals surface area contributed by atoms with Crippen LogP contribution in [0.25, 0.3) is 0 Å². The number of hydrogen-bond donors (Lipinski definition) is 1. The molecule has 1 N–H and O–H groups in total. The first-order valence-electron chi connectivity index (χ1n) is 7.53. The standard InChI is InChI=1S/C17H19F3N2O2/c1-10(13-4-6-14(7-5-13)17(18,19)20)8-15(23)21-9-16-22-11(2)12(3)24-16/h4-7,10H,8-9H2,1-3H3,(H,21,23). The minimum Gasteiger partial charge on any atom is -0.444 e. The lowest BCUT2D eigenvalue weighted by atomic mass is 9.96. The van der Waals surface area contributed by atoms with Gasteiger partial charge in [0.2, 0.25) is 11.8 Å². The van der Waals surface area contributed by atoms with E-state index in [1.165, 1.54) is 12.1 Å². The predicted molar refractivity (Wildman–Crippen MR) is 82.3 cm³/mol.